The molecule has 1 aliphatic rings. The Morgan fingerprint density at radius 3 is 2.66 bits per heavy atom. The molecule has 29 heavy (non-hydrogen) atoms. The van der Waals surface area contributed by atoms with Gasteiger partial charge >= 0.3 is 6.18 Å². The van der Waals surface area contributed by atoms with Crippen molar-refractivity contribution in [2.45, 2.75) is 38.5 Å². The van der Waals surface area contributed by atoms with Crippen molar-refractivity contribution in [1.82, 2.24) is 20.5 Å². The van der Waals surface area contributed by atoms with Crippen LogP contribution in [0.4, 0.5) is 13.2 Å². The fourth-order valence-corrected chi connectivity index (χ4v) is 4.93. The summed E-state index contributed by atoms with van der Waals surface area (Å²) in [7, 11) is 1.65. The van der Waals surface area contributed by atoms with Gasteiger partial charge in [-0.2, -0.15) is 13.2 Å². The van der Waals surface area contributed by atoms with Gasteiger partial charge in [0.25, 0.3) is 0 Å². The number of aliphatic imine (C=N–C) groups is 1. The van der Waals surface area contributed by atoms with Gasteiger partial charge in [-0.3, -0.25) is 9.89 Å². The fraction of sp³-hybridized carbons (Fsp3) is 0.579. The highest BCUT2D eigenvalue weighted by Crippen LogP contribution is 2.30. The van der Waals surface area contributed by atoms with Gasteiger partial charge in [-0.1, -0.05) is 13.0 Å². The Balaban J connectivity index is 1.57. The molecule has 1 unspecified atom stereocenters. The molecule has 2 aromatic heterocycles. The van der Waals surface area contributed by atoms with E-state index in [1.165, 1.54) is 17.7 Å². The Hall–Kier alpha value is -1.65. The lowest BCUT2D eigenvalue weighted by Gasteiger charge is -2.36. The van der Waals surface area contributed by atoms with Crippen LogP contribution in [0.1, 0.15) is 41.4 Å². The summed E-state index contributed by atoms with van der Waals surface area (Å²) in [5.74, 6) is 1.32. The summed E-state index contributed by atoms with van der Waals surface area (Å²) in [5.41, 5.74) is -0.848. The van der Waals surface area contributed by atoms with Crippen molar-refractivity contribution in [2.75, 3.05) is 26.7 Å². The maximum absolute atomic E-state index is 12.7. The van der Waals surface area contributed by atoms with E-state index in [0.717, 1.165) is 35.7 Å². The molecule has 0 radical (unpaired) electrons. The summed E-state index contributed by atoms with van der Waals surface area (Å²) in [6.45, 7) is 5.31. The van der Waals surface area contributed by atoms with Crippen molar-refractivity contribution in [2.24, 2.45) is 10.9 Å². The van der Waals surface area contributed by atoms with Crippen LogP contribution in [-0.4, -0.2) is 42.5 Å². The average molecular weight is 446 g/mol. The summed E-state index contributed by atoms with van der Waals surface area (Å²) >= 11 is 2.73. The Morgan fingerprint density at radius 2 is 2.07 bits per heavy atom. The van der Waals surface area contributed by atoms with Crippen LogP contribution in [0.2, 0.25) is 0 Å². The van der Waals surface area contributed by atoms with Crippen LogP contribution in [-0.2, 0) is 12.7 Å². The van der Waals surface area contributed by atoms with E-state index in [1.54, 1.807) is 18.4 Å². The lowest BCUT2D eigenvalue weighted by atomic mass is 9.97. The smallest absolute Gasteiger partial charge is 0.354 e. The molecule has 1 aliphatic heterocycles. The second-order valence-electron chi connectivity index (χ2n) is 7.18. The molecule has 160 valence electrons. The van der Waals surface area contributed by atoms with E-state index in [4.69, 9.17) is 0 Å². The number of piperidine rings is 1. The van der Waals surface area contributed by atoms with Crippen LogP contribution in [0, 0.1) is 5.92 Å². The van der Waals surface area contributed by atoms with E-state index < -0.39 is 11.9 Å². The topological polar surface area (TPSA) is 52.6 Å². The maximum atomic E-state index is 12.7. The van der Waals surface area contributed by atoms with E-state index in [1.807, 2.05) is 0 Å². The molecule has 3 heterocycles. The van der Waals surface area contributed by atoms with Crippen LogP contribution in [0.3, 0.4) is 0 Å². The number of nitrogens with one attached hydrogen (secondary N) is 2. The number of guanidine groups is 1. The summed E-state index contributed by atoms with van der Waals surface area (Å²) in [4.78, 5) is 11.7. The molecule has 1 saturated heterocycles. The van der Waals surface area contributed by atoms with E-state index in [0.29, 0.717) is 17.5 Å². The number of likely N-dealkylation sites (tertiary alicyclic amines) is 1. The molecule has 10 heteroatoms. The predicted octanol–water partition coefficient (Wildman–Crippen LogP) is 4.36. The first-order valence-corrected chi connectivity index (χ1v) is 11.4. The van der Waals surface area contributed by atoms with Gasteiger partial charge in [-0.25, -0.2) is 4.98 Å². The molecular formula is C19H26F3N5S2. The van der Waals surface area contributed by atoms with Crippen molar-refractivity contribution < 1.29 is 13.2 Å². The van der Waals surface area contributed by atoms with Crippen molar-refractivity contribution in [3.63, 3.8) is 0 Å². The minimum Gasteiger partial charge on any atom is -0.354 e. The van der Waals surface area contributed by atoms with Crippen molar-refractivity contribution in [1.29, 1.82) is 0 Å². The first-order chi connectivity index (χ1) is 13.9. The van der Waals surface area contributed by atoms with E-state index in [2.05, 4.69) is 49.9 Å². The number of hydrogen-bond donors (Lipinski definition) is 2. The Bertz CT molecular complexity index is 780. The lowest BCUT2D eigenvalue weighted by Crippen LogP contribution is -2.44. The zero-order valence-corrected chi connectivity index (χ0v) is 18.1. The predicted molar refractivity (Wildman–Crippen MR) is 112 cm³/mol. The molecule has 5 nitrogen and oxygen atoms in total. The normalized spacial score (nSPS) is 18.0. The quantitative estimate of drug-likeness (QED) is 0.512. The number of thiazole rings is 1. The van der Waals surface area contributed by atoms with Crippen LogP contribution >= 0.6 is 22.7 Å². The molecule has 0 amide bonds. The Kier molecular flexibility index (Phi) is 7.53. The number of nitrogens with zero attached hydrogens (tertiary/aromatic N) is 3. The highest BCUT2D eigenvalue weighted by atomic mass is 32.1. The first kappa shape index (κ1) is 22.0. The molecule has 2 aromatic rings. The van der Waals surface area contributed by atoms with Crippen LogP contribution in [0.15, 0.2) is 27.9 Å². The third-order valence-corrected chi connectivity index (χ3v) is 6.89. The highest BCUT2D eigenvalue weighted by molar-refractivity contribution is 7.10. The molecule has 0 aromatic carbocycles. The number of aromatic nitrogens is 1. The van der Waals surface area contributed by atoms with Gasteiger partial charge < -0.3 is 10.6 Å². The van der Waals surface area contributed by atoms with Gasteiger partial charge in [0, 0.05) is 23.8 Å². The van der Waals surface area contributed by atoms with Crippen molar-refractivity contribution >= 4 is 28.6 Å². The largest absolute Gasteiger partial charge is 0.434 e. The summed E-state index contributed by atoms with van der Waals surface area (Å²) in [6, 6.07) is 4.46. The van der Waals surface area contributed by atoms with Gasteiger partial charge in [0.1, 0.15) is 5.01 Å². The standard InChI is InChI=1S/C19H26F3N5S2/c1-13-5-7-27(8-6-13)14(15-4-3-9-28-15)10-24-18(23-2)25-11-17-26-16(12-29-17)19(20,21)22/h3-4,9,12-14H,5-8,10-11H2,1-2H3,(H2,23,24,25). The van der Waals surface area contributed by atoms with E-state index >= 15 is 0 Å². The van der Waals surface area contributed by atoms with E-state index in [-0.39, 0.29) is 12.6 Å². The van der Waals surface area contributed by atoms with Gasteiger partial charge in [0.15, 0.2) is 11.7 Å². The zero-order chi connectivity index (χ0) is 20.9. The summed E-state index contributed by atoms with van der Waals surface area (Å²) in [5, 5.41) is 9.90. The molecule has 3 rings (SSSR count). The van der Waals surface area contributed by atoms with Crippen LogP contribution < -0.4 is 10.6 Å². The van der Waals surface area contributed by atoms with Gasteiger partial charge in [0.05, 0.1) is 12.6 Å². The van der Waals surface area contributed by atoms with Crippen molar-refractivity contribution in [3.05, 3.63) is 38.5 Å². The molecular weight excluding hydrogens is 419 g/mol. The van der Waals surface area contributed by atoms with Crippen LogP contribution in [0.5, 0.6) is 0 Å². The molecule has 2 N–H and O–H groups in total. The molecule has 0 spiro atoms. The third kappa shape index (κ3) is 6.16. The second-order valence-corrected chi connectivity index (χ2v) is 9.10. The Morgan fingerprint density at radius 1 is 1.31 bits per heavy atom. The SMILES string of the molecule is CN=C(NCc1nc(C(F)(F)F)cs1)NCC(c1cccs1)N1CCC(C)CC1. The molecule has 1 fully saturated rings. The molecule has 1 atom stereocenters. The van der Waals surface area contributed by atoms with Crippen LogP contribution in [0.25, 0.3) is 0 Å². The maximum Gasteiger partial charge on any atom is 0.434 e. The Labute approximate surface area is 177 Å². The lowest BCUT2D eigenvalue weighted by molar-refractivity contribution is -0.140. The number of rotatable bonds is 6. The van der Waals surface area contributed by atoms with Gasteiger partial charge in [-0.05, 0) is 43.3 Å². The van der Waals surface area contributed by atoms with Gasteiger partial charge in [0.2, 0.25) is 0 Å². The van der Waals surface area contributed by atoms with Crippen molar-refractivity contribution in [3.8, 4) is 0 Å². The van der Waals surface area contributed by atoms with E-state index in [9.17, 15) is 13.2 Å². The fourth-order valence-electron chi connectivity index (χ4n) is 3.33. The number of hydrogen-bond acceptors (Lipinski definition) is 5. The molecule has 0 saturated carbocycles. The minimum atomic E-state index is -4.41. The molecule has 0 aliphatic carbocycles. The number of halogens is 3. The number of thiophene rings is 1. The monoisotopic (exact) mass is 445 g/mol. The average Bonchev–Trinajstić information content (AvgIpc) is 3.37. The highest BCUT2D eigenvalue weighted by Gasteiger charge is 2.33. The third-order valence-electron chi connectivity index (χ3n) is 5.07. The summed E-state index contributed by atoms with van der Waals surface area (Å²) < 4.78 is 38.1. The molecule has 0 bridgehead atoms. The summed E-state index contributed by atoms with van der Waals surface area (Å²) in [6.07, 6.45) is -2.02. The number of alkyl halides is 3. The first-order valence-electron chi connectivity index (χ1n) is 9.60. The zero-order valence-electron chi connectivity index (χ0n) is 16.5. The van der Waals surface area contributed by atoms with Gasteiger partial charge in [-0.15, -0.1) is 22.7 Å². The minimum absolute atomic E-state index is 0.200. The second kappa shape index (κ2) is 9.90.